The lowest BCUT2D eigenvalue weighted by Crippen LogP contribution is -2.47. The molecular weight excluding hydrogens is 884 g/mol. The van der Waals surface area contributed by atoms with Crippen molar-refractivity contribution in [1.82, 2.24) is 24.5 Å². The third kappa shape index (κ3) is 10.4. The van der Waals surface area contributed by atoms with Crippen molar-refractivity contribution in [2.45, 2.75) is 68.5 Å². The van der Waals surface area contributed by atoms with Gasteiger partial charge >= 0.3 is 0 Å². The van der Waals surface area contributed by atoms with Gasteiger partial charge in [0.15, 0.2) is 0 Å². The normalized spacial score (nSPS) is 20.9. The molecule has 9 rings (SSSR count). The Labute approximate surface area is 389 Å². The van der Waals surface area contributed by atoms with E-state index in [0.29, 0.717) is 68.2 Å². The van der Waals surface area contributed by atoms with Gasteiger partial charge in [-0.15, -0.1) is 0 Å². The first-order chi connectivity index (χ1) is 31.8. The van der Waals surface area contributed by atoms with Crippen LogP contribution in [0, 0.1) is 10.1 Å². The second-order valence-corrected chi connectivity index (χ2v) is 20.2. The number of benzene rings is 3. The number of hydrogen-bond acceptors (Lipinski definition) is 13. The highest BCUT2D eigenvalue weighted by atomic mass is 35.5. The summed E-state index contributed by atoms with van der Waals surface area (Å²) in [4.78, 5) is 40.1. The highest BCUT2D eigenvalue weighted by molar-refractivity contribution is 7.90. The van der Waals surface area contributed by atoms with Crippen LogP contribution in [0.5, 0.6) is 11.5 Å². The van der Waals surface area contributed by atoms with Crippen LogP contribution >= 0.6 is 11.6 Å². The van der Waals surface area contributed by atoms with Crippen LogP contribution in [0.15, 0.2) is 95.7 Å². The minimum absolute atomic E-state index is 0.0432. The van der Waals surface area contributed by atoms with Gasteiger partial charge in [0.2, 0.25) is 0 Å². The third-order valence-corrected chi connectivity index (χ3v) is 14.8. The predicted molar refractivity (Wildman–Crippen MR) is 254 cm³/mol. The van der Waals surface area contributed by atoms with E-state index in [4.69, 9.17) is 25.8 Å². The summed E-state index contributed by atoms with van der Waals surface area (Å²) in [7, 11) is -4.66. The van der Waals surface area contributed by atoms with Gasteiger partial charge in [-0.3, -0.25) is 24.7 Å². The molecule has 5 heterocycles. The number of carbonyl (C=O) groups excluding carboxylic acids is 1. The van der Waals surface area contributed by atoms with Gasteiger partial charge in [-0.05, 0) is 98.7 Å². The number of anilines is 2. The minimum atomic E-state index is -4.66. The topological polar surface area (TPSA) is 184 Å². The number of nitro benzene ring substituents is 1. The van der Waals surface area contributed by atoms with Gasteiger partial charge in [-0.1, -0.05) is 29.8 Å². The molecule has 0 bridgehead atoms. The number of nitro groups is 1. The van der Waals surface area contributed by atoms with Gasteiger partial charge in [-0.25, -0.2) is 18.1 Å². The average molecular weight is 940 g/mol. The van der Waals surface area contributed by atoms with Gasteiger partial charge in [0.1, 0.15) is 27.7 Å². The first-order valence-electron chi connectivity index (χ1n) is 22.5. The SMILES string of the molecule is CC1(C)CC(c2ccc(Cl)cc2)=C(CN2CCN(c3ccc(C(=O)NS(=O)(=O)c4cccc([N+](=O)[O-])c4NC4CCC(N5CCOCC5)CC4)c(Oc4cnc5[nH]ccc5c4)c3)CC2)CO1. The molecule has 3 aliphatic heterocycles. The molecule has 0 spiro atoms. The van der Waals surface area contributed by atoms with Crippen LogP contribution in [0.1, 0.15) is 61.9 Å². The summed E-state index contributed by atoms with van der Waals surface area (Å²) in [6, 6.07) is 20.7. The number of pyridine rings is 1. The Kier molecular flexibility index (Phi) is 13.4. The Bertz CT molecular complexity index is 2720. The fourth-order valence-electron chi connectivity index (χ4n) is 9.59. The number of nitrogens with zero attached hydrogens (tertiary/aromatic N) is 5. The van der Waals surface area contributed by atoms with Crippen molar-refractivity contribution in [2.75, 3.05) is 75.9 Å². The summed E-state index contributed by atoms with van der Waals surface area (Å²) >= 11 is 6.23. The molecule has 0 unspecified atom stereocenters. The van der Waals surface area contributed by atoms with Crippen LogP contribution < -0.4 is 19.7 Å². The maximum atomic E-state index is 14.2. The second-order valence-electron chi connectivity index (χ2n) is 18.1. The summed E-state index contributed by atoms with van der Waals surface area (Å²) in [5, 5.41) is 17.0. The Morgan fingerprint density at radius 2 is 1.74 bits per heavy atom. The second kappa shape index (κ2) is 19.3. The number of para-hydroxylation sites is 1. The molecular formula is C48H55ClN8O8S. The first-order valence-corrected chi connectivity index (χ1v) is 24.4. The molecule has 66 heavy (non-hydrogen) atoms. The van der Waals surface area contributed by atoms with Crippen molar-refractivity contribution < 1.29 is 32.3 Å². The fourth-order valence-corrected chi connectivity index (χ4v) is 10.9. The van der Waals surface area contributed by atoms with E-state index in [-0.39, 0.29) is 33.5 Å². The van der Waals surface area contributed by atoms with Crippen LogP contribution in [-0.4, -0.2) is 122 Å². The highest BCUT2D eigenvalue weighted by Crippen LogP contribution is 2.38. The number of ether oxygens (including phenoxy) is 3. The van der Waals surface area contributed by atoms with Crippen LogP contribution in [0.25, 0.3) is 16.6 Å². The van der Waals surface area contributed by atoms with Gasteiger partial charge in [-0.2, -0.15) is 0 Å². The molecule has 1 aliphatic carbocycles. The Morgan fingerprint density at radius 1 is 0.985 bits per heavy atom. The van der Waals surface area contributed by atoms with Gasteiger partial charge in [0, 0.05) is 98.7 Å². The maximum Gasteiger partial charge on any atom is 0.293 e. The molecule has 0 radical (unpaired) electrons. The summed E-state index contributed by atoms with van der Waals surface area (Å²) < 4.78 is 48.9. The number of H-pyrrole nitrogens is 1. The van der Waals surface area contributed by atoms with E-state index >= 15 is 0 Å². The Balaban J connectivity index is 0.937. The van der Waals surface area contributed by atoms with E-state index in [1.165, 1.54) is 35.5 Å². The molecule has 4 aliphatic rings. The summed E-state index contributed by atoms with van der Waals surface area (Å²) in [5.74, 6) is -0.492. The van der Waals surface area contributed by atoms with Gasteiger partial charge in [0.25, 0.3) is 21.6 Å². The quantitative estimate of drug-likeness (QED) is 0.0767. The molecule has 3 N–H and O–H groups in total. The van der Waals surface area contributed by atoms with Crippen molar-refractivity contribution in [3.05, 3.63) is 117 Å². The Hall–Kier alpha value is -5.56. The van der Waals surface area contributed by atoms with Crippen LogP contribution in [0.4, 0.5) is 17.1 Å². The number of piperazine rings is 1. The van der Waals surface area contributed by atoms with Crippen LogP contribution in [0.2, 0.25) is 5.02 Å². The molecule has 1 saturated carbocycles. The number of aromatic amines is 1. The Morgan fingerprint density at radius 3 is 2.48 bits per heavy atom. The molecule has 2 aromatic heterocycles. The standard InChI is InChI=1S/C48H55ClN8O8S/c1-48(2)28-41(32-6-8-35(49)9-7-32)34(31-64-48)30-54-18-20-55(21-19-54)38-14-15-40(43(27-38)65-39-26-33-16-17-50-46(33)51-29-39)47(58)53-66(61,62)44-5-3-4-42(57(59)60)45(44)52-36-10-12-37(13-11-36)56-22-24-63-25-23-56/h3-9,14-17,26-27,29,36-37,52H,10-13,18-25,28,30-31H2,1-2H3,(H,50,51)(H,53,58). The van der Waals surface area contributed by atoms with Crippen molar-refractivity contribution in [3.63, 3.8) is 0 Å². The van der Waals surface area contributed by atoms with Crippen molar-refractivity contribution in [2.24, 2.45) is 0 Å². The summed E-state index contributed by atoms with van der Waals surface area (Å²) in [6.07, 6.45) is 7.19. The monoisotopic (exact) mass is 938 g/mol. The van der Waals surface area contributed by atoms with Crippen molar-refractivity contribution in [3.8, 4) is 11.5 Å². The lowest BCUT2D eigenvalue weighted by atomic mass is 9.87. The van der Waals surface area contributed by atoms with E-state index < -0.39 is 26.5 Å². The molecule has 1 amide bonds. The average Bonchev–Trinajstić information content (AvgIpc) is 3.79. The number of carbonyl (C=O) groups is 1. The lowest BCUT2D eigenvalue weighted by Gasteiger charge is -2.39. The van der Waals surface area contributed by atoms with E-state index in [0.717, 1.165) is 68.6 Å². The largest absolute Gasteiger partial charge is 0.455 e. The van der Waals surface area contributed by atoms with E-state index in [2.05, 4.69) is 60.7 Å². The highest BCUT2D eigenvalue weighted by Gasteiger charge is 2.34. The molecule has 5 aromatic rings. The zero-order valence-corrected chi connectivity index (χ0v) is 38.7. The lowest BCUT2D eigenvalue weighted by molar-refractivity contribution is -0.384. The van der Waals surface area contributed by atoms with Gasteiger partial charge in [0.05, 0.1) is 42.1 Å². The zero-order chi connectivity index (χ0) is 46.0. The minimum Gasteiger partial charge on any atom is -0.455 e. The van der Waals surface area contributed by atoms with E-state index in [1.54, 1.807) is 30.5 Å². The number of sulfonamides is 1. The molecule has 3 fully saturated rings. The molecule has 3 aromatic carbocycles. The smallest absolute Gasteiger partial charge is 0.293 e. The third-order valence-electron chi connectivity index (χ3n) is 13.1. The number of halogens is 1. The number of amides is 1. The van der Waals surface area contributed by atoms with E-state index in [9.17, 15) is 23.3 Å². The van der Waals surface area contributed by atoms with E-state index in [1.807, 2.05) is 18.2 Å². The number of hydrogen-bond donors (Lipinski definition) is 3. The number of rotatable bonds is 13. The van der Waals surface area contributed by atoms with Crippen molar-refractivity contribution in [1.29, 1.82) is 0 Å². The summed E-state index contributed by atoms with van der Waals surface area (Å²) in [5.41, 5.74) is 4.27. The number of morpholine rings is 1. The summed E-state index contributed by atoms with van der Waals surface area (Å²) in [6.45, 7) is 11.5. The molecule has 348 valence electrons. The van der Waals surface area contributed by atoms with Crippen LogP contribution in [0.3, 0.4) is 0 Å². The maximum absolute atomic E-state index is 14.2. The molecule has 2 saturated heterocycles. The number of fused-ring (bicyclic) bond motifs is 1. The van der Waals surface area contributed by atoms with Crippen molar-refractivity contribution >= 4 is 61.2 Å². The zero-order valence-electron chi connectivity index (χ0n) is 37.1. The molecule has 18 heteroatoms. The van der Waals surface area contributed by atoms with Crippen LogP contribution in [-0.2, 0) is 19.5 Å². The number of nitrogens with one attached hydrogen (secondary N) is 3. The molecule has 16 nitrogen and oxygen atoms in total. The fraction of sp³-hybridized carbons (Fsp3) is 0.417. The van der Waals surface area contributed by atoms with Gasteiger partial charge < -0.3 is 29.4 Å². The molecule has 0 atom stereocenters. The first kappa shape index (κ1) is 45.6. The number of aromatic nitrogens is 2. The predicted octanol–water partition coefficient (Wildman–Crippen LogP) is 7.87.